The lowest BCUT2D eigenvalue weighted by molar-refractivity contribution is -0.141. The first kappa shape index (κ1) is 20.4. The molecule has 0 bridgehead atoms. The number of aromatic nitrogens is 7. The standard InChI is InChI=1S/C18H15F4N9/c1-9(14-23-5-10(19)6-24-14)26-17-29-15-11(3-4-12(27-15)18(20,21)22)16(30-17)28-13-7-31(2)8-25-13/h3-9H,1-2H3,(H2,26,27,28,29,30)/t9-/m0/s1. The predicted octanol–water partition coefficient (Wildman–Crippen LogP) is 3.62. The second-order valence-electron chi connectivity index (χ2n) is 6.64. The largest absolute Gasteiger partial charge is 0.433 e. The van der Waals surface area contributed by atoms with Crippen molar-refractivity contribution in [2.75, 3.05) is 10.6 Å². The molecule has 4 aromatic rings. The summed E-state index contributed by atoms with van der Waals surface area (Å²) in [7, 11) is 1.77. The molecule has 31 heavy (non-hydrogen) atoms. The first-order valence-electron chi connectivity index (χ1n) is 8.94. The average Bonchev–Trinajstić information content (AvgIpc) is 3.12. The van der Waals surface area contributed by atoms with Crippen molar-refractivity contribution < 1.29 is 17.6 Å². The van der Waals surface area contributed by atoms with Crippen LogP contribution in [0.3, 0.4) is 0 Å². The van der Waals surface area contributed by atoms with Crippen LogP contribution in [0.5, 0.6) is 0 Å². The van der Waals surface area contributed by atoms with Gasteiger partial charge in [-0.2, -0.15) is 23.1 Å². The highest BCUT2D eigenvalue weighted by atomic mass is 19.4. The average molecular weight is 433 g/mol. The molecule has 0 spiro atoms. The predicted molar refractivity (Wildman–Crippen MR) is 103 cm³/mol. The Kier molecular flexibility index (Phi) is 5.09. The van der Waals surface area contributed by atoms with Gasteiger partial charge in [0.15, 0.2) is 11.5 Å². The summed E-state index contributed by atoms with van der Waals surface area (Å²) in [5, 5.41) is 6.14. The molecule has 160 valence electrons. The number of imidazole rings is 1. The molecule has 0 unspecified atom stereocenters. The summed E-state index contributed by atoms with van der Waals surface area (Å²) in [6.45, 7) is 1.67. The smallest absolute Gasteiger partial charge is 0.344 e. The Morgan fingerprint density at radius 3 is 2.42 bits per heavy atom. The summed E-state index contributed by atoms with van der Waals surface area (Å²) in [5.74, 6) is 0.283. The van der Waals surface area contributed by atoms with Crippen LogP contribution < -0.4 is 10.6 Å². The molecule has 13 heteroatoms. The van der Waals surface area contributed by atoms with E-state index in [-0.39, 0.29) is 28.6 Å². The molecule has 9 nitrogen and oxygen atoms in total. The highest BCUT2D eigenvalue weighted by molar-refractivity contribution is 5.89. The summed E-state index contributed by atoms with van der Waals surface area (Å²) in [6.07, 6.45) is 0.614. The van der Waals surface area contributed by atoms with Gasteiger partial charge in [-0.15, -0.1) is 0 Å². The van der Waals surface area contributed by atoms with Crippen LogP contribution in [-0.2, 0) is 13.2 Å². The van der Waals surface area contributed by atoms with E-state index in [4.69, 9.17) is 0 Å². The van der Waals surface area contributed by atoms with Crippen LogP contribution >= 0.6 is 0 Å². The monoisotopic (exact) mass is 433 g/mol. The lowest BCUT2D eigenvalue weighted by Crippen LogP contribution is -2.14. The summed E-state index contributed by atoms with van der Waals surface area (Å²) >= 11 is 0. The number of nitrogens with zero attached hydrogens (tertiary/aromatic N) is 7. The lowest BCUT2D eigenvalue weighted by Gasteiger charge is -2.15. The molecule has 0 aliphatic carbocycles. The number of hydrogen-bond acceptors (Lipinski definition) is 8. The molecular formula is C18H15F4N9. The van der Waals surface area contributed by atoms with Gasteiger partial charge in [-0.1, -0.05) is 0 Å². The Morgan fingerprint density at radius 2 is 1.77 bits per heavy atom. The molecule has 0 aliphatic heterocycles. The van der Waals surface area contributed by atoms with Crippen LogP contribution in [0, 0.1) is 5.82 Å². The van der Waals surface area contributed by atoms with Crippen LogP contribution in [0.4, 0.5) is 35.1 Å². The molecule has 0 radical (unpaired) electrons. The maximum atomic E-state index is 13.1. The van der Waals surface area contributed by atoms with Gasteiger partial charge in [0, 0.05) is 13.2 Å². The van der Waals surface area contributed by atoms with E-state index in [1.54, 1.807) is 31.1 Å². The van der Waals surface area contributed by atoms with Crippen molar-refractivity contribution >= 4 is 28.6 Å². The third-order valence-electron chi connectivity index (χ3n) is 4.17. The Labute approximate surface area is 172 Å². The number of aryl methyl sites for hydroxylation is 1. The van der Waals surface area contributed by atoms with E-state index in [0.29, 0.717) is 5.82 Å². The van der Waals surface area contributed by atoms with E-state index in [9.17, 15) is 17.6 Å². The van der Waals surface area contributed by atoms with Crippen molar-refractivity contribution in [1.82, 2.24) is 34.5 Å². The van der Waals surface area contributed by atoms with Crippen molar-refractivity contribution in [2.24, 2.45) is 7.05 Å². The topological polar surface area (TPSA) is 106 Å². The zero-order valence-electron chi connectivity index (χ0n) is 16.2. The Bertz CT molecular complexity index is 1220. The van der Waals surface area contributed by atoms with E-state index in [1.807, 2.05) is 0 Å². The van der Waals surface area contributed by atoms with Crippen molar-refractivity contribution in [3.05, 3.63) is 54.4 Å². The van der Waals surface area contributed by atoms with Crippen molar-refractivity contribution in [3.8, 4) is 0 Å². The zero-order chi connectivity index (χ0) is 22.2. The third kappa shape index (κ3) is 4.49. The van der Waals surface area contributed by atoms with Gasteiger partial charge in [-0.05, 0) is 19.1 Å². The number of halogens is 4. The Morgan fingerprint density at radius 1 is 1.03 bits per heavy atom. The minimum Gasteiger partial charge on any atom is -0.344 e. The normalized spacial score (nSPS) is 12.7. The summed E-state index contributed by atoms with van der Waals surface area (Å²) < 4.78 is 54.2. The molecular weight excluding hydrogens is 418 g/mol. The Hall–Kier alpha value is -3.90. The quantitative estimate of drug-likeness (QED) is 0.460. The second kappa shape index (κ2) is 7.74. The molecule has 0 saturated carbocycles. The molecule has 0 saturated heterocycles. The first-order chi connectivity index (χ1) is 14.7. The van der Waals surface area contributed by atoms with Gasteiger partial charge in [-0.25, -0.2) is 24.3 Å². The van der Waals surface area contributed by atoms with Gasteiger partial charge in [0.25, 0.3) is 0 Å². The first-order valence-corrected chi connectivity index (χ1v) is 8.94. The molecule has 4 heterocycles. The van der Waals surface area contributed by atoms with Gasteiger partial charge < -0.3 is 15.2 Å². The SMILES string of the molecule is C[C@H](Nc1nc(Nc2cn(C)cn2)c2ccc(C(F)(F)F)nc2n1)c1ncc(F)cn1. The van der Waals surface area contributed by atoms with Crippen LogP contribution in [-0.4, -0.2) is 34.5 Å². The fourth-order valence-electron chi connectivity index (χ4n) is 2.73. The number of alkyl halides is 3. The van der Waals surface area contributed by atoms with E-state index in [0.717, 1.165) is 18.5 Å². The number of rotatable bonds is 5. The van der Waals surface area contributed by atoms with Gasteiger partial charge in [0.2, 0.25) is 5.95 Å². The van der Waals surface area contributed by atoms with Gasteiger partial charge in [-0.3, -0.25) is 0 Å². The summed E-state index contributed by atoms with van der Waals surface area (Å²) in [5.41, 5.74) is -1.25. The van der Waals surface area contributed by atoms with Crippen molar-refractivity contribution in [3.63, 3.8) is 0 Å². The molecule has 0 fully saturated rings. The maximum Gasteiger partial charge on any atom is 0.433 e. The number of hydrogen-bond donors (Lipinski definition) is 2. The lowest BCUT2D eigenvalue weighted by atomic mass is 10.2. The molecule has 4 aromatic heterocycles. The van der Waals surface area contributed by atoms with Crippen LogP contribution in [0.1, 0.15) is 24.5 Å². The van der Waals surface area contributed by atoms with E-state index in [2.05, 4.69) is 40.5 Å². The molecule has 0 aromatic carbocycles. The van der Waals surface area contributed by atoms with Gasteiger partial charge in [0.05, 0.1) is 30.1 Å². The number of pyridine rings is 1. The molecule has 0 amide bonds. The summed E-state index contributed by atoms with van der Waals surface area (Å²) in [4.78, 5) is 24.0. The van der Waals surface area contributed by atoms with E-state index >= 15 is 0 Å². The van der Waals surface area contributed by atoms with Crippen LogP contribution in [0.15, 0.2) is 37.1 Å². The van der Waals surface area contributed by atoms with Crippen molar-refractivity contribution in [1.29, 1.82) is 0 Å². The van der Waals surface area contributed by atoms with Crippen LogP contribution in [0.2, 0.25) is 0 Å². The van der Waals surface area contributed by atoms with E-state index < -0.39 is 23.7 Å². The molecule has 1 atom stereocenters. The fourth-order valence-corrected chi connectivity index (χ4v) is 2.73. The van der Waals surface area contributed by atoms with E-state index in [1.165, 1.54) is 6.07 Å². The van der Waals surface area contributed by atoms with Crippen LogP contribution in [0.25, 0.3) is 11.0 Å². The maximum absolute atomic E-state index is 13.1. The zero-order valence-corrected chi connectivity index (χ0v) is 16.2. The summed E-state index contributed by atoms with van der Waals surface area (Å²) in [6, 6.07) is 1.54. The minimum absolute atomic E-state index is 0.0156. The fraction of sp³-hybridized carbons (Fsp3) is 0.222. The highest BCUT2D eigenvalue weighted by Gasteiger charge is 2.33. The molecule has 4 rings (SSSR count). The Balaban J connectivity index is 1.75. The van der Waals surface area contributed by atoms with Crippen molar-refractivity contribution in [2.45, 2.75) is 19.1 Å². The van der Waals surface area contributed by atoms with Gasteiger partial charge >= 0.3 is 6.18 Å². The highest BCUT2D eigenvalue weighted by Crippen LogP contribution is 2.31. The van der Waals surface area contributed by atoms with Gasteiger partial charge in [0.1, 0.15) is 23.2 Å². The molecule has 2 N–H and O–H groups in total. The molecule has 0 aliphatic rings. The number of fused-ring (bicyclic) bond motifs is 1. The second-order valence-corrected chi connectivity index (χ2v) is 6.64. The number of nitrogens with one attached hydrogen (secondary N) is 2. The third-order valence-corrected chi connectivity index (χ3v) is 4.17. The number of anilines is 3. The minimum atomic E-state index is -4.63.